The van der Waals surface area contributed by atoms with E-state index in [1.165, 1.54) is 5.56 Å². The highest BCUT2D eigenvalue weighted by atomic mass is 16.5. The van der Waals surface area contributed by atoms with Crippen molar-refractivity contribution in [3.8, 4) is 5.75 Å². The molecule has 0 spiro atoms. The van der Waals surface area contributed by atoms with Gasteiger partial charge >= 0.3 is 0 Å². The van der Waals surface area contributed by atoms with E-state index < -0.39 is 0 Å². The van der Waals surface area contributed by atoms with Crippen LogP contribution in [0.1, 0.15) is 39.7 Å². The third-order valence-corrected chi connectivity index (χ3v) is 3.17. The summed E-state index contributed by atoms with van der Waals surface area (Å²) in [4.78, 5) is 11.2. The highest BCUT2D eigenvalue weighted by Crippen LogP contribution is 2.25. The Labute approximate surface area is 121 Å². The van der Waals surface area contributed by atoms with Crippen molar-refractivity contribution >= 4 is 5.91 Å². The summed E-state index contributed by atoms with van der Waals surface area (Å²) in [5.41, 5.74) is 6.65. The van der Waals surface area contributed by atoms with Gasteiger partial charge < -0.3 is 15.8 Å². The topological polar surface area (TPSA) is 64.3 Å². The molecule has 1 amide bonds. The van der Waals surface area contributed by atoms with Gasteiger partial charge in [-0.05, 0) is 29.7 Å². The number of benzene rings is 1. The molecule has 112 valence electrons. The first-order valence-electron chi connectivity index (χ1n) is 7.10. The summed E-state index contributed by atoms with van der Waals surface area (Å²) in [6.45, 7) is 9.63. The van der Waals surface area contributed by atoms with Crippen molar-refractivity contribution in [1.82, 2.24) is 5.32 Å². The molecule has 0 aromatic heterocycles. The molecule has 1 aromatic rings. The number of rotatable bonds is 7. The summed E-state index contributed by atoms with van der Waals surface area (Å²) < 4.78 is 5.72. The second-order valence-corrected chi connectivity index (χ2v) is 5.93. The zero-order valence-corrected chi connectivity index (χ0v) is 12.9. The van der Waals surface area contributed by atoms with Crippen LogP contribution in [-0.4, -0.2) is 25.1 Å². The zero-order valence-electron chi connectivity index (χ0n) is 12.9. The van der Waals surface area contributed by atoms with Gasteiger partial charge in [-0.15, -0.1) is 0 Å². The monoisotopic (exact) mass is 278 g/mol. The Hall–Kier alpha value is -1.55. The van der Waals surface area contributed by atoms with Crippen LogP contribution in [0.5, 0.6) is 5.75 Å². The van der Waals surface area contributed by atoms with Gasteiger partial charge in [0.1, 0.15) is 5.75 Å². The van der Waals surface area contributed by atoms with Gasteiger partial charge in [0.05, 0.1) is 12.6 Å². The van der Waals surface area contributed by atoms with E-state index in [0.717, 1.165) is 5.75 Å². The van der Waals surface area contributed by atoms with Crippen molar-refractivity contribution in [2.24, 2.45) is 5.73 Å². The molecule has 1 atom stereocenters. The molecule has 3 N–H and O–H groups in total. The molecule has 1 rings (SSSR count). The highest BCUT2D eigenvalue weighted by Gasteiger charge is 2.15. The van der Waals surface area contributed by atoms with Gasteiger partial charge in [-0.1, -0.05) is 39.8 Å². The normalized spacial score (nSPS) is 13.0. The Balaban J connectivity index is 2.55. The smallest absolute Gasteiger partial charge is 0.234 e. The van der Waals surface area contributed by atoms with E-state index in [9.17, 15) is 4.79 Å². The molecule has 0 aliphatic heterocycles. The van der Waals surface area contributed by atoms with Crippen molar-refractivity contribution in [3.05, 3.63) is 29.8 Å². The first-order valence-corrected chi connectivity index (χ1v) is 7.10. The number of hydrogen-bond donors (Lipinski definition) is 2. The van der Waals surface area contributed by atoms with Crippen LogP contribution in [0.25, 0.3) is 0 Å². The largest absolute Gasteiger partial charge is 0.494 e. The summed E-state index contributed by atoms with van der Waals surface area (Å²) in [6.07, 6.45) is 0.572. The Kier molecular flexibility index (Phi) is 6.02. The van der Waals surface area contributed by atoms with Crippen LogP contribution in [0.15, 0.2) is 24.3 Å². The van der Waals surface area contributed by atoms with Crippen molar-refractivity contribution in [3.63, 3.8) is 0 Å². The third-order valence-electron chi connectivity index (χ3n) is 3.17. The number of amides is 1. The minimum atomic E-state index is -0.334. The number of carbonyl (C=O) groups excluding carboxylic acids is 1. The fraction of sp³-hybridized carbons (Fsp3) is 0.562. The van der Waals surface area contributed by atoms with Gasteiger partial charge in [0, 0.05) is 6.42 Å². The first kappa shape index (κ1) is 16.5. The number of likely N-dealkylation sites (N-methyl/N-ethyl adjacent to an activating group) is 1. The van der Waals surface area contributed by atoms with E-state index in [0.29, 0.717) is 19.6 Å². The van der Waals surface area contributed by atoms with Crippen LogP contribution in [0.2, 0.25) is 0 Å². The molecule has 0 aliphatic carbocycles. The molecule has 0 saturated carbocycles. The first-order chi connectivity index (χ1) is 9.34. The van der Waals surface area contributed by atoms with Gasteiger partial charge in [-0.25, -0.2) is 0 Å². The number of ether oxygens (including phenoxy) is 1. The van der Waals surface area contributed by atoms with E-state index in [4.69, 9.17) is 10.5 Å². The molecule has 1 unspecified atom stereocenters. The number of nitrogens with one attached hydrogen (secondary N) is 1. The molecule has 0 bridgehead atoms. The quantitative estimate of drug-likeness (QED) is 0.804. The van der Waals surface area contributed by atoms with E-state index in [1.54, 1.807) is 0 Å². The maximum Gasteiger partial charge on any atom is 0.234 e. The van der Waals surface area contributed by atoms with Crippen LogP contribution in [-0.2, 0) is 10.2 Å². The van der Waals surface area contributed by atoms with Crippen LogP contribution in [0.3, 0.4) is 0 Å². The lowest BCUT2D eigenvalue weighted by Crippen LogP contribution is -2.42. The molecule has 0 heterocycles. The summed E-state index contributed by atoms with van der Waals surface area (Å²) in [6, 6.07) is 7.74. The fourth-order valence-corrected chi connectivity index (χ4v) is 1.94. The minimum Gasteiger partial charge on any atom is -0.494 e. The number of hydrogen-bond acceptors (Lipinski definition) is 3. The van der Waals surface area contributed by atoms with Crippen molar-refractivity contribution < 1.29 is 9.53 Å². The second kappa shape index (κ2) is 7.29. The lowest BCUT2D eigenvalue weighted by molar-refractivity contribution is -0.120. The number of primary amides is 1. The van der Waals surface area contributed by atoms with Gasteiger partial charge in [-0.3, -0.25) is 4.79 Å². The zero-order chi connectivity index (χ0) is 15.2. The maximum absolute atomic E-state index is 11.2. The van der Waals surface area contributed by atoms with Crippen LogP contribution < -0.4 is 15.8 Å². The van der Waals surface area contributed by atoms with Crippen molar-refractivity contribution in [2.75, 3.05) is 13.2 Å². The Morgan fingerprint density at radius 3 is 2.65 bits per heavy atom. The van der Waals surface area contributed by atoms with Gasteiger partial charge in [0.2, 0.25) is 5.91 Å². The Bertz CT molecular complexity index is 438. The molecule has 0 saturated heterocycles. The molecule has 4 nitrogen and oxygen atoms in total. The molecular formula is C16H26N2O2. The molecule has 20 heavy (non-hydrogen) atoms. The fourth-order valence-electron chi connectivity index (χ4n) is 1.94. The lowest BCUT2D eigenvalue weighted by Gasteiger charge is -2.20. The summed E-state index contributed by atoms with van der Waals surface area (Å²) >= 11 is 0. The second-order valence-electron chi connectivity index (χ2n) is 5.93. The highest BCUT2D eigenvalue weighted by molar-refractivity contribution is 5.79. The minimum absolute atomic E-state index is 0.0961. The number of carbonyl (C=O) groups is 1. The van der Waals surface area contributed by atoms with E-state index in [-0.39, 0.29) is 17.4 Å². The Morgan fingerprint density at radius 1 is 1.40 bits per heavy atom. The molecular weight excluding hydrogens is 252 g/mol. The third kappa shape index (κ3) is 5.21. The summed E-state index contributed by atoms with van der Waals surface area (Å²) in [7, 11) is 0. The van der Waals surface area contributed by atoms with Gasteiger partial charge in [0.25, 0.3) is 0 Å². The molecule has 0 fully saturated rings. The lowest BCUT2D eigenvalue weighted by atomic mass is 9.87. The van der Waals surface area contributed by atoms with Crippen molar-refractivity contribution in [1.29, 1.82) is 0 Å². The Morgan fingerprint density at radius 2 is 2.10 bits per heavy atom. The SMILES string of the molecule is CCNC(CCOc1cccc(C(C)(C)C)c1)C(N)=O. The van der Waals surface area contributed by atoms with Crippen LogP contribution >= 0.6 is 0 Å². The van der Waals surface area contributed by atoms with Gasteiger partial charge in [0.15, 0.2) is 0 Å². The van der Waals surface area contributed by atoms with Crippen LogP contribution in [0.4, 0.5) is 0 Å². The van der Waals surface area contributed by atoms with E-state index >= 15 is 0 Å². The maximum atomic E-state index is 11.2. The average molecular weight is 278 g/mol. The van der Waals surface area contributed by atoms with E-state index in [2.05, 4.69) is 32.2 Å². The van der Waals surface area contributed by atoms with Gasteiger partial charge in [-0.2, -0.15) is 0 Å². The number of nitrogens with two attached hydrogens (primary N) is 1. The predicted octanol–water partition coefficient (Wildman–Crippen LogP) is 2.22. The summed E-state index contributed by atoms with van der Waals surface area (Å²) in [5, 5.41) is 3.05. The molecule has 0 radical (unpaired) electrons. The molecule has 4 heteroatoms. The molecule has 0 aliphatic rings. The average Bonchev–Trinajstić information content (AvgIpc) is 2.37. The van der Waals surface area contributed by atoms with E-state index in [1.807, 2.05) is 25.1 Å². The molecule has 1 aromatic carbocycles. The summed E-state index contributed by atoms with van der Waals surface area (Å²) in [5.74, 6) is 0.496. The standard InChI is InChI=1S/C16H26N2O2/c1-5-18-14(15(17)19)9-10-20-13-8-6-7-12(11-13)16(2,3)4/h6-8,11,14,18H,5,9-10H2,1-4H3,(H2,17,19). The van der Waals surface area contributed by atoms with Crippen LogP contribution in [0, 0.1) is 0 Å². The predicted molar refractivity (Wildman–Crippen MR) is 81.9 cm³/mol. The van der Waals surface area contributed by atoms with Crippen molar-refractivity contribution in [2.45, 2.75) is 45.6 Å².